The molecule has 1 aliphatic rings. The summed E-state index contributed by atoms with van der Waals surface area (Å²) in [6.45, 7) is 5.93. The number of hydrogen-bond donors (Lipinski definition) is 2. The molecule has 2 aromatic carbocycles. The molecule has 0 radical (unpaired) electrons. The van der Waals surface area contributed by atoms with Crippen LogP contribution in [-0.2, 0) is 6.54 Å². The van der Waals surface area contributed by atoms with Crippen molar-refractivity contribution in [1.82, 2.24) is 15.5 Å². The number of urea groups is 1. The number of nitrogens with zero attached hydrogens (tertiary/aromatic N) is 2. The fourth-order valence-electron chi connectivity index (χ4n) is 3.27. The van der Waals surface area contributed by atoms with Crippen molar-refractivity contribution in [2.24, 2.45) is 0 Å². The number of methoxy groups -OCH3 is 1. The summed E-state index contributed by atoms with van der Waals surface area (Å²) < 4.78 is 5.46. The second-order valence-electron chi connectivity index (χ2n) is 6.60. The average molecular weight is 368 g/mol. The minimum Gasteiger partial charge on any atom is -0.495 e. The van der Waals surface area contributed by atoms with Gasteiger partial charge < -0.3 is 20.3 Å². The number of benzene rings is 2. The molecule has 0 aromatic heterocycles. The monoisotopic (exact) mass is 368 g/mol. The first-order valence-electron chi connectivity index (χ1n) is 9.42. The van der Waals surface area contributed by atoms with Gasteiger partial charge in [0, 0.05) is 45.8 Å². The molecule has 2 N–H and O–H groups in total. The van der Waals surface area contributed by atoms with Crippen molar-refractivity contribution in [1.29, 1.82) is 0 Å². The Morgan fingerprint density at radius 3 is 2.41 bits per heavy atom. The zero-order valence-corrected chi connectivity index (χ0v) is 15.9. The van der Waals surface area contributed by atoms with Crippen LogP contribution >= 0.6 is 0 Å². The van der Waals surface area contributed by atoms with Crippen LogP contribution in [0.2, 0.25) is 0 Å². The quantitative estimate of drug-likeness (QED) is 0.788. The average Bonchev–Trinajstić information content (AvgIpc) is 2.73. The molecule has 3 rings (SSSR count). The summed E-state index contributed by atoms with van der Waals surface area (Å²) in [5, 5.41) is 5.82. The molecule has 2 amide bonds. The minimum absolute atomic E-state index is 0.119. The molecule has 0 unspecified atom stereocenters. The van der Waals surface area contributed by atoms with Crippen molar-refractivity contribution in [3.63, 3.8) is 0 Å². The van der Waals surface area contributed by atoms with Crippen LogP contribution in [0.1, 0.15) is 5.56 Å². The summed E-state index contributed by atoms with van der Waals surface area (Å²) in [4.78, 5) is 16.6. The summed E-state index contributed by atoms with van der Waals surface area (Å²) in [5.74, 6) is 0.919. The van der Waals surface area contributed by atoms with E-state index in [1.807, 2.05) is 48.5 Å². The molecule has 1 saturated heterocycles. The van der Waals surface area contributed by atoms with E-state index < -0.39 is 0 Å². The minimum atomic E-state index is -0.119. The lowest BCUT2D eigenvalue weighted by atomic mass is 10.2. The number of ether oxygens (including phenoxy) is 1. The Labute approximate surface area is 161 Å². The van der Waals surface area contributed by atoms with Crippen LogP contribution in [0.15, 0.2) is 54.6 Å². The molecule has 1 fully saturated rings. The Bertz CT molecular complexity index is 715. The largest absolute Gasteiger partial charge is 0.495 e. The van der Waals surface area contributed by atoms with Gasteiger partial charge in [0.05, 0.1) is 12.8 Å². The summed E-state index contributed by atoms with van der Waals surface area (Å²) in [5.41, 5.74) is 2.25. The van der Waals surface area contributed by atoms with Gasteiger partial charge in [-0.05, 0) is 17.7 Å². The number of anilines is 1. The molecule has 6 nitrogen and oxygen atoms in total. The molecular weight excluding hydrogens is 340 g/mol. The number of amides is 2. The Hall–Kier alpha value is -2.73. The summed E-state index contributed by atoms with van der Waals surface area (Å²) >= 11 is 0. The number of piperazine rings is 1. The predicted molar refractivity (Wildman–Crippen MR) is 108 cm³/mol. The molecule has 0 spiro atoms. The smallest absolute Gasteiger partial charge is 0.315 e. The molecule has 0 atom stereocenters. The highest BCUT2D eigenvalue weighted by atomic mass is 16.5. The van der Waals surface area contributed by atoms with Crippen LogP contribution in [-0.4, -0.2) is 57.3 Å². The Morgan fingerprint density at radius 1 is 0.963 bits per heavy atom. The molecule has 27 heavy (non-hydrogen) atoms. The van der Waals surface area contributed by atoms with Crippen molar-refractivity contribution < 1.29 is 9.53 Å². The number of hydrogen-bond acceptors (Lipinski definition) is 4. The van der Waals surface area contributed by atoms with E-state index in [1.54, 1.807) is 7.11 Å². The third kappa shape index (κ3) is 5.62. The fourth-order valence-corrected chi connectivity index (χ4v) is 3.27. The Kier molecular flexibility index (Phi) is 6.93. The topological polar surface area (TPSA) is 56.8 Å². The van der Waals surface area contributed by atoms with Crippen LogP contribution in [0.5, 0.6) is 5.75 Å². The first-order valence-corrected chi connectivity index (χ1v) is 9.42. The van der Waals surface area contributed by atoms with Crippen molar-refractivity contribution in [2.75, 3.05) is 51.3 Å². The molecule has 0 bridgehead atoms. The van der Waals surface area contributed by atoms with Crippen LogP contribution in [0.25, 0.3) is 0 Å². The van der Waals surface area contributed by atoms with Crippen LogP contribution in [0.3, 0.4) is 0 Å². The van der Waals surface area contributed by atoms with Crippen molar-refractivity contribution in [3.05, 3.63) is 60.2 Å². The second kappa shape index (κ2) is 9.83. The number of nitrogens with one attached hydrogen (secondary N) is 2. The highest BCUT2D eigenvalue weighted by Crippen LogP contribution is 2.28. The van der Waals surface area contributed by atoms with E-state index in [0.717, 1.165) is 49.7 Å². The van der Waals surface area contributed by atoms with Gasteiger partial charge in [0.25, 0.3) is 0 Å². The lowest BCUT2D eigenvalue weighted by molar-refractivity contribution is 0.231. The molecule has 0 saturated carbocycles. The first kappa shape index (κ1) is 19.0. The van der Waals surface area contributed by atoms with E-state index >= 15 is 0 Å². The number of rotatable bonds is 7. The summed E-state index contributed by atoms with van der Waals surface area (Å²) in [7, 11) is 1.71. The summed E-state index contributed by atoms with van der Waals surface area (Å²) in [6.07, 6.45) is 0. The van der Waals surface area contributed by atoms with Gasteiger partial charge in [-0.15, -0.1) is 0 Å². The van der Waals surface area contributed by atoms with Crippen LogP contribution in [0.4, 0.5) is 10.5 Å². The molecule has 1 heterocycles. The van der Waals surface area contributed by atoms with Crippen molar-refractivity contribution >= 4 is 11.7 Å². The van der Waals surface area contributed by atoms with E-state index in [0.29, 0.717) is 13.1 Å². The number of carbonyl (C=O) groups excluding carboxylic acids is 1. The normalized spacial score (nSPS) is 14.6. The lowest BCUT2D eigenvalue weighted by Crippen LogP contribution is -2.49. The standard InChI is InChI=1S/C21H28N4O2/c1-27-20-10-6-5-9-19(20)25-15-13-24(14-16-25)12-11-22-21(26)23-17-18-7-3-2-4-8-18/h2-10H,11-17H2,1H3,(H2,22,23,26). The highest BCUT2D eigenvalue weighted by molar-refractivity contribution is 5.73. The van der Waals surface area contributed by atoms with E-state index in [4.69, 9.17) is 4.74 Å². The highest BCUT2D eigenvalue weighted by Gasteiger charge is 2.19. The van der Waals surface area contributed by atoms with Gasteiger partial charge in [-0.2, -0.15) is 0 Å². The van der Waals surface area contributed by atoms with Gasteiger partial charge in [0.15, 0.2) is 0 Å². The maximum Gasteiger partial charge on any atom is 0.315 e. The molecule has 144 valence electrons. The van der Waals surface area contributed by atoms with Crippen molar-refractivity contribution in [2.45, 2.75) is 6.54 Å². The molecule has 0 aliphatic carbocycles. The maximum absolute atomic E-state index is 11.9. The predicted octanol–water partition coefficient (Wildman–Crippen LogP) is 2.32. The van der Waals surface area contributed by atoms with E-state index in [-0.39, 0.29) is 6.03 Å². The van der Waals surface area contributed by atoms with Gasteiger partial charge in [-0.1, -0.05) is 42.5 Å². The van der Waals surface area contributed by atoms with Crippen LogP contribution < -0.4 is 20.3 Å². The first-order chi connectivity index (χ1) is 13.3. The van der Waals surface area contributed by atoms with E-state index in [9.17, 15) is 4.79 Å². The van der Waals surface area contributed by atoms with Crippen molar-refractivity contribution in [3.8, 4) is 5.75 Å². The van der Waals surface area contributed by atoms with Crippen LogP contribution in [0, 0.1) is 0 Å². The zero-order chi connectivity index (χ0) is 18.9. The number of carbonyl (C=O) groups is 1. The SMILES string of the molecule is COc1ccccc1N1CCN(CCNC(=O)NCc2ccccc2)CC1. The maximum atomic E-state index is 11.9. The molecule has 6 heteroatoms. The molecule has 1 aliphatic heterocycles. The van der Waals surface area contributed by atoms with Gasteiger partial charge in [-0.25, -0.2) is 4.79 Å². The lowest BCUT2D eigenvalue weighted by Gasteiger charge is -2.36. The van der Waals surface area contributed by atoms with Gasteiger partial charge in [0.1, 0.15) is 5.75 Å². The van der Waals surface area contributed by atoms with E-state index in [1.165, 1.54) is 0 Å². The Balaban J connectivity index is 1.34. The number of para-hydroxylation sites is 2. The zero-order valence-electron chi connectivity index (χ0n) is 15.9. The van der Waals surface area contributed by atoms with E-state index in [2.05, 4.69) is 26.5 Å². The van der Waals surface area contributed by atoms with Gasteiger partial charge in [-0.3, -0.25) is 4.90 Å². The third-order valence-corrected chi connectivity index (χ3v) is 4.81. The second-order valence-corrected chi connectivity index (χ2v) is 6.60. The molecule has 2 aromatic rings. The van der Waals surface area contributed by atoms with Gasteiger partial charge >= 0.3 is 6.03 Å². The fraction of sp³-hybridized carbons (Fsp3) is 0.381. The molecular formula is C21H28N4O2. The van der Waals surface area contributed by atoms with Gasteiger partial charge in [0.2, 0.25) is 0 Å². The third-order valence-electron chi connectivity index (χ3n) is 4.81. The summed E-state index contributed by atoms with van der Waals surface area (Å²) in [6, 6.07) is 17.9. The Morgan fingerprint density at radius 2 is 1.67 bits per heavy atom.